The van der Waals surface area contributed by atoms with Crippen LogP contribution >= 0.6 is 0 Å². The molecule has 0 bridgehead atoms. The number of hydrogen-bond donors (Lipinski definition) is 2. The van der Waals surface area contributed by atoms with Crippen LogP contribution in [0, 0.1) is 0 Å². The second-order valence-corrected chi connectivity index (χ2v) is 4.11. The number of nitrogens with zero attached hydrogens (tertiary/aromatic N) is 3. The van der Waals surface area contributed by atoms with Crippen LogP contribution in [0.3, 0.4) is 0 Å². The summed E-state index contributed by atoms with van der Waals surface area (Å²) in [6.45, 7) is 7.73. The van der Waals surface area contributed by atoms with Gasteiger partial charge in [-0.15, -0.1) is 0 Å². The molecule has 110 valence electrons. The van der Waals surface area contributed by atoms with E-state index in [0.29, 0.717) is 12.3 Å². The van der Waals surface area contributed by atoms with Gasteiger partial charge in [-0.1, -0.05) is 13.2 Å². The minimum Gasteiger partial charge on any atom is -0.497 e. The first-order valence-electron chi connectivity index (χ1n) is 6.36. The Hall–Kier alpha value is -2.60. The van der Waals surface area contributed by atoms with E-state index in [2.05, 4.69) is 23.1 Å². The van der Waals surface area contributed by atoms with E-state index in [9.17, 15) is 5.11 Å². The second kappa shape index (κ2) is 9.33. The van der Waals surface area contributed by atoms with Crippen molar-refractivity contribution >= 4 is 18.0 Å². The molecule has 1 unspecified atom stereocenters. The van der Waals surface area contributed by atoms with Crippen LogP contribution in [0.15, 0.2) is 55.3 Å². The third-order valence-corrected chi connectivity index (χ3v) is 2.48. The van der Waals surface area contributed by atoms with E-state index in [0.717, 1.165) is 5.69 Å². The minimum absolute atomic E-state index is 0.151. The molecule has 0 fully saturated rings. The lowest BCUT2D eigenvalue weighted by Gasteiger charge is -2.07. The van der Waals surface area contributed by atoms with Crippen molar-refractivity contribution in [1.29, 1.82) is 0 Å². The molecule has 0 saturated heterocycles. The number of hydrogen-bond acceptors (Lipinski definition) is 4. The number of nitrogens with two attached hydrogens (primary N) is 1. The van der Waals surface area contributed by atoms with Crippen LogP contribution in [0.25, 0.3) is 6.08 Å². The van der Waals surface area contributed by atoms with Gasteiger partial charge in [0, 0.05) is 12.2 Å². The van der Waals surface area contributed by atoms with Crippen molar-refractivity contribution in [3.63, 3.8) is 0 Å². The number of aliphatic imine (C=N–C) groups is 1. The number of aliphatic hydroxyl groups is 1. The Morgan fingerprint density at radius 2 is 2.38 bits per heavy atom. The Balaban J connectivity index is 2.37. The fraction of sp³-hybridized carbons (Fsp3) is 0.200. The van der Waals surface area contributed by atoms with Gasteiger partial charge in [0.15, 0.2) is 12.7 Å². The van der Waals surface area contributed by atoms with E-state index in [4.69, 9.17) is 10.1 Å². The predicted octanol–water partition coefficient (Wildman–Crippen LogP) is -0.682. The molecule has 0 saturated carbocycles. The van der Waals surface area contributed by atoms with Gasteiger partial charge in [0.1, 0.15) is 19.0 Å². The zero-order valence-electron chi connectivity index (χ0n) is 11.8. The molecule has 0 amide bonds. The normalized spacial score (nSPS) is 12.4. The average Bonchev–Trinajstić information content (AvgIpc) is 2.50. The number of ether oxygens (including phenoxy) is 1. The molecule has 0 aliphatic carbocycles. The fourth-order valence-corrected chi connectivity index (χ4v) is 1.44. The van der Waals surface area contributed by atoms with E-state index < -0.39 is 6.10 Å². The van der Waals surface area contributed by atoms with Crippen LogP contribution in [0.1, 0.15) is 5.69 Å². The summed E-state index contributed by atoms with van der Waals surface area (Å²) in [5, 5.41) is 15.4. The predicted molar refractivity (Wildman–Crippen MR) is 81.2 cm³/mol. The summed E-state index contributed by atoms with van der Waals surface area (Å²) < 4.78 is 7.02. The van der Waals surface area contributed by atoms with Crippen molar-refractivity contribution in [2.45, 2.75) is 12.6 Å². The van der Waals surface area contributed by atoms with Crippen LogP contribution in [0.2, 0.25) is 0 Å². The van der Waals surface area contributed by atoms with Crippen molar-refractivity contribution in [3.05, 3.63) is 56.0 Å². The van der Waals surface area contributed by atoms with Crippen molar-refractivity contribution in [1.82, 2.24) is 4.98 Å². The molecule has 0 radical (unpaired) electrons. The van der Waals surface area contributed by atoms with Gasteiger partial charge in [-0.05, 0) is 0 Å². The standard InChI is InChI=1S/C15H19N4O2/c1-3-13(16)9-18-6-8-21-12-15(20)11-19-7-5-17-10-14(19)4-2/h3-10,15-16,20H,1-2,11-12H2/q+1/p+1/b8-6-,16-13?,18-9?. The highest BCUT2D eigenvalue weighted by Gasteiger charge is 2.14. The molecular weight excluding hydrogens is 268 g/mol. The third-order valence-electron chi connectivity index (χ3n) is 2.48. The number of aromatic nitrogens is 2. The molecule has 6 nitrogen and oxygen atoms in total. The van der Waals surface area contributed by atoms with Crippen LogP contribution in [-0.2, 0) is 11.3 Å². The Kier molecular flexibility index (Phi) is 7.31. The Morgan fingerprint density at radius 1 is 1.57 bits per heavy atom. The highest BCUT2D eigenvalue weighted by atomic mass is 16.5. The smallest absolute Gasteiger partial charge is 0.223 e. The zero-order chi connectivity index (χ0) is 15.5. The maximum Gasteiger partial charge on any atom is 0.223 e. The molecule has 1 rings (SSSR count). The van der Waals surface area contributed by atoms with E-state index in [1.165, 1.54) is 24.8 Å². The fourth-order valence-electron chi connectivity index (χ4n) is 1.44. The molecule has 21 heavy (non-hydrogen) atoms. The monoisotopic (exact) mass is 288 g/mol. The summed E-state index contributed by atoms with van der Waals surface area (Å²) in [6.07, 6.45) is 11.9. The molecule has 0 aromatic carbocycles. The number of rotatable bonds is 9. The summed E-state index contributed by atoms with van der Waals surface area (Å²) in [7, 11) is 0. The molecule has 1 atom stereocenters. The lowest BCUT2D eigenvalue weighted by Crippen LogP contribution is -2.43. The number of aliphatic hydroxyl groups excluding tert-OH is 1. The molecule has 0 aliphatic heterocycles. The van der Waals surface area contributed by atoms with Crippen LogP contribution in [0.4, 0.5) is 0 Å². The molecule has 1 heterocycles. The van der Waals surface area contributed by atoms with Crippen molar-refractivity contribution in [2.75, 3.05) is 6.61 Å². The second-order valence-electron chi connectivity index (χ2n) is 4.11. The average molecular weight is 288 g/mol. The zero-order valence-corrected chi connectivity index (χ0v) is 11.8. The molecule has 6 heteroatoms. The highest BCUT2D eigenvalue weighted by Crippen LogP contribution is 1.93. The quantitative estimate of drug-likeness (QED) is 0.359. The summed E-state index contributed by atoms with van der Waals surface area (Å²) in [5.74, 6) is 0. The molecule has 0 spiro atoms. The largest absolute Gasteiger partial charge is 0.497 e. The minimum atomic E-state index is -0.658. The topological polar surface area (TPSA) is 84.2 Å². The molecule has 3 N–H and O–H groups in total. The molecular formula is C15H20N4O2+2. The highest BCUT2D eigenvalue weighted by molar-refractivity contribution is 6.32. The van der Waals surface area contributed by atoms with E-state index in [1.807, 2.05) is 4.57 Å². The van der Waals surface area contributed by atoms with Crippen LogP contribution in [-0.4, -0.2) is 34.7 Å². The maximum absolute atomic E-state index is 9.90. The Bertz CT molecular complexity index is 552. The van der Waals surface area contributed by atoms with E-state index in [-0.39, 0.29) is 6.61 Å². The summed E-state index contributed by atoms with van der Waals surface area (Å²) in [6, 6.07) is 0. The van der Waals surface area contributed by atoms with Gasteiger partial charge in [-0.3, -0.25) is 15.4 Å². The Morgan fingerprint density at radius 3 is 3.10 bits per heavy atom. The van der Waals surface area contributed by atoms with Crippen LogP contribution < -0.4 is 9.98 Å². The van der Waals surface area contributed by atoms with Gasteiger partial charge in [0.05, 0.1) is 24.8 Å². The molecule has 1 aromatic heterocycles. The Labute approximate surface area is 124 Å². The van der Waals surface area contributed by atoms with Crippen molar-refractivity contribution < 1.29 is 19.8 Å². The lowest BCUT2D eigenvalue weighted by molar-refractivity contribution is -0.705. The summed E-state index contributed by atoms with van der Waals surface area (Å²) >= 11 is 0. The molecule has 0 aliphatic rings. The van der Waals surface area contributed by atoms with Gasteiger partial charge in [0.25, 0.3) is 0 Å². The van der Waals surface area contributed by atoms with Gasteiger partial charge >= 0.3 is 0 Å². The van der Waals surface area contributed by atoms with Gasteiger partial charge in [-0.2, -0.15) is 4.57 Å². The SMILES string of the molecule is C=CC(=[NH2+])C=N/C=C\OCC(O)C[n+]1ccncc1C=C. The van der Waals surface area contributed by atoms with E-state index in [1.54, 1.807) is 24.7 Å². The van der Waals surface area contributed by atoms with Crippen LogP contribution in [0.5, 0.6) is 0 Å². The van der Waals surface area contributed by atoms with E-state index >= 15 is 0 Å². The summed E-state index contributed by atoms with van der Waals surface area (Å²) in [5.41, 5.74) is 1.29. The molecule has 1 aromatic rings. The van der Waals surface area contributed by atoms with Crippen molar-refractivity contribution in [3.8, 4) is 0 Å². The van der Waals surface area contributed by atoms with Crippen molar-refractivity contribution in [2.24, 2.45) is 4.99 Å². The number of allylic oxidation sites excluding steroid dienone is 1. The maximum atomic E-state index is 9.90. The lowest BCUT2D eigenvalue weighted by atomic mass is 10.3. The first kappa shape index (κ1) is 16.5. The summed E-state index contributed by atoms with van der Waals surface area (Å²) in [4.78, 5) is 7.87. The van der Waals surface area contributed by atoms with Gasteiger partial charge < -0.3 is 9.84 Å². The van der Waals surface area contributed by atoms with Gasteiger partial charge in [-0.25, -0.2) is 0 Å². The first-order chi connectivity index (χ1) is 10.2. The first-order valence-corrected chi connectivity index (χ1v) is 6.36. The third kappa shape index (κ3) is 6.40. The van der Waals surface area contributed by atoms with Gasteiger partial charge in [0.2, 0.25) is 11.4 Å².